The fourth-order valence-electron chi connectivity index (χ4n) is 2.86. The molecule has 0 saturated carbocycles. The Morgan fingerprint density at radius 3 is 2.60 bits per heavy atom. The average molecular weight is 263 g/mol. The number of fused-ring (bicyclic) bond motifs is 5. The molecule has 4 aromatic rings. The second kappa shape index (κ2) is 3.73. The number of H-pyrrole nitrogens is 1. The Labute approximate surface area is 114 Å². The largest absolute Gasteiger partial charge is 0.420 e. The Kier molecular flexibility index (Phi) is 2.11. The number of aromatic nitrogens is 1. The second-order valence-corrected chi connectivity index (χ2v) is 5.29. The molecule has 3 nitrogen and oxygen atoms in total. The summed E-state index contributed by atoms with van der Waals surface area (Å²) in [6.45, 7) is 4.00. The van der Waals surface area contributed by atoms with E-state index in [0.717, 1.165) is 32.8 Å². The predicted octanol–water partition coefficient (Wildman–Crippen LogP) is 4.04. The molecule has 0 bridgehead atoms. The smallest absolute Gasteiger partial charge is 0.336 e. The van der Waals surface area contributed by atoms with E-state index < -0.39 is 0 Å². The summed E-state index contributed by atoms with van der Waals surface area (Å²) in [7, 11) is 0. The van der Waals surface area contributed by atoms with E-state index in [0.29, 0.717) is 5.58 Å². The maximum atomic E-state index is 11.6. The van der Waals surface area contributed by atoms with Crippen molar-refractivity contribution < 1.29 is 4.42 Å². The second-order valence-electron chi connectivity index (χ2n) is 5.29. The monoisotopic (exact) mass is 263 g/mol. The average Bonchev–Trinajstić information content (AvgIpc) is 2.77. The van der Waals surface area contributed by atoms with Crippen LogP contribution in [0.2, 0.25) is 0 Å². The van der Waals surface area contributed by atoms with Crippen LogP contribution in [0.3, 0.4) is 0 Å². The van der Waals surface area contributed by atoms with Gasteiger partial charge in [-0.1, -0.05) is 23.8 Å². The van der Waals surface area contributed by atoms with Gasteiger partial charge in [-0.25, -0.2) is 4.79 Å². The first-order chi connectivity index (χ1) is 9.63. The molecule has 0 saturated heterocycles. The van der Waals surface area contributed by atoms with Gasteiger partial charge in [0.1, 0.15) is 0 Å². The summed E-state index contributed by atoms with van der Waals surface area (Å²) < 4.78 is 5.43. The van der Waals surface area contributed by atoms with Gasteiger partial charge in [0.2, 0.25) is 0 Å². The summed E-state index contributed by atoms with van der Waals surface area (Å²) in [6, 6.07) is 11.9. The topological polar surface area (TPSA) is 46.0 Å². The number of aromatic amines is 1. The molecule has 98 valence electrons. The van der Waals surface area contributed by atoms with E-state index in [1.807, 2.05) is 13.0 Å². The van der Waals surface area contributed by atoms with E-state index >= 15 is 0 Å². The molecular weight excluding hydrogens is 250 g/mol. The SMILES string of the molecule is Cc1ccc2[nH]c3c(ccc4c(C)cc(=O)oc43)c2c1. The molecule has 1 N–H and O–H groups in total. The van der Waals surface area contributed by atoms with Gasteiger partial charge >= 0.3 is 5.63 Å². The first kappa shape index (κ1) is 11.3. The molecule has 0 fully saturated rings. The van der Waals surface area contributed by atoms with Crippen molar-refractivity contribution in [3.63, 3.8) is 0 Å². The molecule has 4 rings (SSSR count). The summed E-state index contributed by atoms with van der Waals surface area (Å²) >= 11 is 0. The molecule has 2 aromatic heterocycles. The molecule has 0 aliphatic carbocycles. The molecule has 0 radical (unpaired) electrons. The van der Waals surface area contributed by atoms with Crippen LogP contribution in [-0.4, -0.2) is 4.98 Å². The summed E-state index contributed by atoms with van der Waals surface area (Å²) in [5.41, 5.74) is 4.43. The van der Waals surface area contributed by atoms with Crippen molar-refractivity contribution in [1.29, 1.82) is 0 Å². The minimum Gasteiger partial charge on any atom is -0.420 e. The number of hydrogen-bond acceptors (Lipinski definition) is 2. The van der Waals surface area contributed by atoms with Crippen molar-refractivity contribution in [3.8, 4) is 0 Å². The van der Waals surface area contributed by atoms with Crippen LogP contribution in [0.1, 0.15) is 11.1 Å². The van der Waals surface area contributed by atoms with Crippen molar-refractivity contribution >= 4 is 32.8 Å². The van der Waals surface area contributed by atoms with Crippen LogP contribution >= 0.6 is 0 Å². The van der Waals surface area contributed by atoms with Crippen molar-refractivity contribution in [1.82, 2.24) is 4.98 Å². The van der Waals surface area contributed by atoms with Gasteiger partial charge in [-0.05, 0) is 31.5 Å². The molecule has 0 atom stereocenters. The van der Waals surface area contributed by atoms with Gasteiger partial charge < -0.3 is 9.40 Å². The minimum absolute atomic E-state index is 0.308. The van der Waals surface area contributed by atoms with Crippen LogP contribution < -0.4 is 5.63 Å². The van der Waals surface area contributed by atoms with Crippen molar-refractivity contribution in [2.75, 3.05) is 0 Å². The van der Waals surface area contributed by atoms with E-state index in [9.17, 15) is 4.79 Å². The highest BCUT2D eigenvalue weighted by molar-refractivity contribution is 6.15. The lowest BCUT2D eigenvalue weighted by Gasteiger charge is -2.01. The maximum absolute atomic E-state index is 11.6. The van der Waals surface area contributed by atoms with Crippen molar-refractivity contribution in [3.05, 3.63) is 57.9 Å². The highest BCUT2D eigenvalue weighted by Crippen LogP contribution is 2.31. The number of nitrogens with one attached hydrogen (secondary N) is 1. The van der Waals surface area contributed by atoms with Gasteiger partial charge in [0, 0.05) is 27.7 Å². The van der Waals surface area contributed by atoms with Gasteiger partial charge in [-0.3, -0.25) is 0 Å². The molecule has 2 aromatic carbocycles. The molecule has 2 heterocycles. The van der Waals surface area contributed by atoms with Crippen LogP contribution in [0, 0.1) is 13.8 Å². The molecule has 0 spiro atoms. The number of rotatable bonds is 0. The fraction of sp³-hybridized carbons (Fsp3) is 0.118. The number of benzene rings is 2. The summed E-state index contributed by atoms with van der Waals surface area (Å²) in [5.74, 6) is 0. The summed E-state index contributed by atoms with van der Waals surface area (Å²) in [4.78, 5) is 15.0. The van der Waals surface area contributed by atoms with Gasteiger partial charge in [-0.15, -0.1) is 0 Å². The van der Waals surface area contributed by atoms with Crippen LogP contribution in [0.4, 0.5) is 0 Å². The molecule has 0 aliphatic rings. The molecule has 3 heteroatoms. The first-order valence-electron chi connectivity index (χ1n) is 6.59. The highest BCUT2D eigenvalue weighted by atomic mass is 16.4. The molecular formula is C17H13NO2. The number of hydrogen-bond donors (Lipinski definition) is 1. The van der Waals surface area contributed by atoms with Crippen LogP contribution in [0.5, 0.6) is 0 Å². The fourth-order valence-corrected chi connectivity index (χ4v) is 2.86. The highest BCUT2D eigenvalue weighted by Gasteiger charge is 2.11. The van der Waals surface area contributed by atoms with Gasteiger partial charge in [0.25, 0.3) is 0 Å². The molecule has 0 aliphatic heterocycles. The minimum atomic E-state index is -0.308. The Morgan fingerprint density at radius 1 is 0.950 bits per heavy atom. The zero-order valence-electron chi connectivity index (χ0n) is 11.3. The van der Waals surface area contributed by atoms with Gasteiger partial charge in [0.05, 0.1) is 5.52 Å². The normalized spacial score (nSPS) is 11.7. The zero-order chi connectivity index (χ0) is 13.9. The van der Waals surface area contributed by atoms with E-state index in [4.69, 9.17) is 4.42 Å². The first-order valence-corrected chi connectivity index (χ1v) is 6.59. The van der Waals surface area contributed by atoms with E-state index in [1.165, 1.54) is 11.6 Å². The molecule has 0 unspecified atom stereocenters. The Morgan fingerprint density at radius 2 is 1.75 bits per heavy atom. The summed E-state index contributed by atoms with van der Waals surface area (Å²) in [5, 5.41) is 3.22. The molecule has 0 amide bonds. The third-order valence-corrected chi connectivity index (χ3v) is 3.84. The Hall–Kier alpha value is -2.55. The Bertz CT molecular complexity index is 1040. The predicted molar refractivity (Wildman–Crippen MR) is 81.3 cm³/mol. The lowest BCUT2D eigenvalue weighted by Crippen LogP contribution is -1.97. The zero-order valence-corrected chi connectivity index (χ0v) is 11.3. The van der Waals surface area contributed by atoms with E-state index in [-0.39, 0.29) is 5.63 Å². The summed E-state index contributed by atoms with van der Waals surface area (Å²) in [6.07, 6.45) is 0. The van der Waals surface area contributed by atoms with Crippen molar-refractivity contribution in [2.24, 2.45) is 0 Å². The van der Waals surface area contributed by atoms with Gasteiger partial charge in [0.15, 0.2) is 5.58 Å². The van der Waals surface area contributed by atoms with E-state index in [2.05, 4.69) is 36.2 Å². The van der Waals surface area contributed by atoms with Crippen LogP contribution in [0.15, 0.2) is 45.6 Å². The van der Waals surface area contributed by atoms with Gasteiger partial charge in [-0.2, -0.15) is 0 Å². The standard InChI is InChI=1S/C17H13NO2/c1-9-3-6-14-13(7-9)12-5-4-11-10(2)8-15(19)20-17(11)16(12)18-14/h3-8,18H,1-2H3. The quantitative estimate of drug-likeness (QED) is 0.486. The molecule has 20 heavy (non-hydrogen) atoms. The third kappa shape index (κ3) is 1.43. The lowest BCUT2D eigenvalue weighted by atomic mass is 10.1. The van der Waals surface area contributed by atoms with Crippen LogP contribution in [0.25, 0.3) is 32.8 Å². The van der Waals surface area contributed by atoms with E-state index in [1.54, 1.807) is 0 Å². The third-order valence-electron chi connectivity index (χ3n) is 3.84. The maximum Gasteiger partial charge on any atom is 0.336 e. The Balaban J connectivity index is 2.31. The van der Waals surface area contributed by atoms with Crippen molar-refractivity contribution in [2.45, 2.75) is 13.8 Å². The lowest BCUT2D eigenvalue weighted by molar-refractivity contribution is 0.562. The number of aryl methyl sites for hydroxylation is 2. The van der Waals surface area contributed by atoms with Crippen LogP contribution in [-0.2, 0) is 0 Å².